The molecule has 1 aromatic heterocycles. The van der Waals surface area contributed by atoms with E-state index in [9.17, 15) is 9.59 Å². The van der Waals surface area contributed by atoms with Crippen LogP contribution in [-0.4, -0.2) is 46.0 Å². The van der Waals surface area contributed by atoms with E-state index in [2.05, 4.69) is 15.5 Å². The van der Waals surface area contributed by atoms with Crippen LogP contribution in [0.3, 0.4) is 0 Å². The van der Waals surface area contributed by atoms with E-state index in [0.29, 0.717) is 11.3 Å². The van der Waals surface area contributed by atoms with E-state index in [1.54, 1.807) is 20.8 Å². The highest BCUT2D eigenvalue weighted by Crippen LogP contribution is 2.12. The number of hydrogen-bond acceptors (Lipinski definition) is 3. The SMILES string of the molecule is Cc1n[nH]c(C)c1C(=O)NC(C)C(=O)N1CCCCC1. The molecule has 2 rings (SSSR count). The minimum atomic E-state index is -0.505. The first-order valence-corrected chi connectivity index (χ1v) is 7.12. The maximum atomic E-state index is 12.3. The Morgan fingerprint density at radius 3 is 2.45 bits per heavy atom. The van der Waals surface area contributed by atoms with Crippen LogP contribution in [0.15, 0.2) is 0 Å². The predicted molar refractivity (Wildman–Crippen MR) is 75.4 cm³/mol. The van der Waals surface area contributed by atoms with Crippen LogP contribution in [0.4, 0.5) is 0 Å². The highest BCUT2D eigenvalue weighted by Gasteiger charge is 2.25. The van der Waals surface area contributed by atoms with Crippen molar-refractivity contribution in [2.75, 3.05) is 13.1 Å². The molecule has 0 bridgehead atoms. The van der Waals surface area contributed by atoms with Crippen LogP contribution in [0.5, 0.6) is 0 Å². The molecule has 6 heteroatoms. The summed E-state index contributed by atoms with van der Waals surface area (Å²) in [7, 11) is 0. The number of aromatic amines is 1. The first-order valence-electron chi connectivity index (χ1n) is 7.12. The average molecular weight is 278 g/mol. The number of piperidine rings is 1. The monoisotopic (exact) mass is 278 g/mol. The summed E-state index contributed by atoms with van der Waals surface area (Å²) in [6, 6.07) is -0.505. The van der Waals surface area contributed by atoms with Gasteiger partial charge in [-0.2, -0.15) is 5.10 Å². The van der Waals surface area contributed by atoms with Crippen molar-refractivity contribution in [2.45, 2.75) is 46.1 Å². The Morgan fingerprint density at radius 2 is 1.90 bits per heavy atom. The molecule has 0 radical (unpaired) electrons. The van der Waals surface area contributed by atoms with Crippen LogP contribution >= 0.6 is 0 Å². The zero-order valence-electron chi connectivity index (χ0n) is 12.3. The maximum absolute atomic E-state index is 12.3. The Balaban J connectivity index is 1.98. The number of nitrogens with one attached hydrogen (secondary N) is 2. The van der Waals surface area contributed by atoms with Crippen molar-refractivity contribution in [3.05, 3.63) is 17.0 Å². The molecule has 2 heterocycles. The van der Waals surface area contributed by atoms with Gasteiger partial charge in [0.15, 0.2) is 0 Å². The second-order valence-corrected chi connectivity index (χ2v) is 5.39. The normalized spacial score (nSPS) is 16.9. The summed E-state index contributed by atoms with van der Waals surface area (Å²) < 4.78 is 0. The second-order valence-electron chi connectivity index (χ2n) is 5.39. The fourth-order valence-electron chi connectivity index (χ4n) is 2.60. The van der Waals surface area contributed by atoms with Gasteiger partial charge in [0.25, 0.3) is 5.91 Å². The van der Waals surface area contributed by atoms with E-state index in [0.717, 1.165) is 31.6 Å². The van der Waals surface area contributed by atoms with Gasteiger partial charge in [0.1, 0.15) is 6.04 Å². The summed E-state index contributed by atoms with van der Waals surface area (Å²) in [5, 5.41) is 9.55. The standard InChI is InChI=1S/C14H22N4O2/c1-9-12(10(2)17-16-9)13(19)15-11(3)14(20)18-7-5-4-6-8-18/h11H,4-8H2,1-3H3,(H,15,19)(H,16,17). The van der Waals surface area contributed by atoms with Crippen molar-refractivity contribution in [1.82, 2.24) is 20.4 Å². The maximum Gasteiger partial charge on any atom is 0.255 e. The third-order valence-corrected chi connectivity index (χ3v) is 3.74. The minimum Gasteiger partial charge on any atom is -0.341 e. The summed E-state index contributed by atoms with van der Waals surface area (Å²) in [4.78, 5) is 26.3. The zero-order chi connectivity index (χ0) is 14.7. The molecule has 1 atom stereocenters. The summed E-state index contributed by atoms with van der Waals surface area (Å²) in [5.41, 5.74) is 1.90. The Kier molecular flexibility index (Phi) is 4.42. The van der Waals surface area contributed by atoms with Gasteiger partial charge in [-0.1, -0.05) is 0 Å². The fourth-order valence-corrected chi connectivity index (χ4v) is 2.60. The van der Waals surface area contributed by atoms with Crippen LogP contribution in [0.1, 0.15) is 47.9 Å². The van der Waals surface area contributed by atoms with Crippen molar-refractivity contribution < 1.29 is 9.59 Å². The lowest BCUT2D eigenvalue weighted by Crippen LogP contribution is -2.48. The lowest BCUT2D eigenvalue weighted by Gasteiger charge is -2.29. The van der Waals surface area contributed by atoms with E-state index in [-0.39, 0.29) is 11.8 Å². The number of aromatic nitrogens is 2. The summed E-state index contributed by atoms with van der Waals surface area (Å²) >= 11 is 0. The van der Waals surface area contributed by atoms with Gasteiger partial charge < -0.3 is 10.2 Å². The lowest BCUT2D eigenvalue weighted by atomic mass is 10.1. The quantitative estimate of drug-likeness (QED) is 0.871. The predicted octanol–water partition coefficient (Wildman–Crippen LogP) is 1.16. The van der Waals surface area contributed by atoms with Crippen LogP contribution in [0.2, 0.25) is 0 Å². The third-order valence-electron chi connectivity index (χ3n) is 3.74. The number of aryl methyl sites for hydroxylation is 2. The molecule has 20 heavy (non-hydrogen) atoms. The zero-order valence-corrected chi connectivity index (χ0v) is 12.3. The molecule has 0 aromatic carbocycles. The number of carbonyl (C=O) groups is 2. The average Bonchev–Trinajstić information content (AvgIpc) is 2.78. The third kappa shape index (κ3) is 3.00. The molecule has 1 aliphatic heterocycles. The highest BCUT2D eigenvalue weighted by molar-refractivity contribution is 5.99. The minimum absolute atomic E-state index is 0.00292. The molecule has 110 valence electrons. The smallest absolute Gasteiger partial charge is 0.255 e. The number of H-pyrrole nitrogens is 1. The van der Waals surface area contributed by atoms with E-state index >= 15 is 0 Å². The number of nitrogens with zero attached hydrogens (tertiary/aromatic N) is 2. The fraction of sp³-hybridized carbons (Fsp3) is 0.643. The molecule has 1 fully saturated rings. The molecule has 6 nitrogen and oxygen atoms in total. The van der Waals surface area contributed by atoms with Crippen molar-refractivity contribution in [2.24, 2.45) is 0 Å². The van der Waals surface area contributed by atoms with E-state index in [1.807, 2.05) is 4.90 Å². The highest BCUT2D eigenvalue weighted by atomic mass is 16.2. The largest absolute Gasteiger partial charge is 0.341 e. The molecule has 2 N–H and O–H groups in total. The van der Waals surface area contributed by atoms with Gasteiger partial charge in [-0.05, 0) is 40.0 Å². The molecule has 1 unspecified atom stereocenters. The Morgan fingerprint density at radius 1 is 1.25 bits per heavy atom. The Hall–Kier alpha value is -1.85. The van der Waals surface area contributed by atoms with Crippen molar-refractivity contribution in [3.63, 3.8) is 0 Å². The summed E-state index contributed by atoms with van der Waals surface area (Å²) in [6.07, 6.45) is 3.27. The first kappa shape index (κ1) is 14.6. The van der Waals surface area contributed by atoms with E-state index in [4.69, 9.17) is 0 Å². The van der Waals surface area contributed by atoms with Gasteiger partial charge in [-0.3, -0.25) is 14.7 Å². The molecule has 2 amide bonds. The number of hydrogen-bond donors (Lipinski definition) is 2. The van der Waals surface area contributed by atoms with E-state index in [1.165, 1.54) is 6.42 Å². The Bertz CT molecular complexity index is 484. The molecule has 0 saturated carbocycles. The van der Waals surface area contributed by atoms with Crippen molar-refractivity contribution >= 4 is 11.8 Å². The van der Waals surface area contributed by atoms with Gasteiger partial charge >= 0.3 is 0 Å². The van der Waals surface area contributed by atoms with Crippen LogP contribution in [-0.2, 0) is 4.79 Å². The number of carbonyl (C=O) groups excluding carboxylic acids is 2. The Labute approximate surface area is 118 Å². The first-order chi connectivity index (χ1) is 9.50. The van der Waals surface area contributed by atoms with Crippen LogP contribution in [0.25, 0.3) is 0 Å². The van der Waals surface area contributed by atoms with Crippen molar-refractivity contribution in [3.8, 4) is 0 Å². The van der Waals surface area contributed by atoms with E-state index < -0.39 is 6.04 Å². The van der Waals surface area contributed by atoms with Gasteiger partial charge in [-0.15, -0.1) is 0 Å². The lowest BCUT2D eigenvalue weighted by molar-refractivity contribution is -0.133. The summed E-state index contributed by atoms with van der Waals surface area (Å²) in [5.74, 6) is -0.247. The van der Waals surface area contributed by atoms with Gasteiger partial charge in [0, 0.05) is 18.8 Å². The number of rotatable bonds is 3. The number of likely N-dealkylation sites (tertiary alicyclic amines) is 1. The molecule has 1 aliphatic rings. The van der Waals surface area contributed by atoms with Gasteiger partial charge in [-0.25, -0.2) is 0 Å². The van der Waals surface area contributed by atoms with Crippen LogP contribution < -0.4 is 5.32 Å². The molecular formula is C14H22N4O2. The van der Waals surface area contributed by atoms with Gasteiger partial charge in [0.05, 0.1) is 11.3 Å². The van der Waals surface area contributed by atoms with Crippen LogP contribution in [0, 0.1) is 13.8 Å². The second kappa shape index (κ2) is 6.07. The molecule has 0 aliphatic carbocycles. The molecule has 0 spiro atoms. The summed E-state index contributed by atoms with van der Waals surface area (Å²) in [6.45, 7) is 6.90. The molecule has 1 saturated heterocycles. The molecule has 1 aromatic rings. The number of amides is 2. The topological polar surface area (TPSA) is 78.1 Å². The molecular weight excluding hydrogens is 256 g/mol. The van der Waals surface area contributed by atoms with Crippen molar-refractivity contribution in [1.29, 1.82) is 0 Å². The van der Waals surface area contributed by atoms with Gasteiger partial charge in [0.2, 0.25) is 5.91 Å².